The molecule has 2 fully saturated rings. The van der Waals surface area contributed by atoms with Crippen molar-refractivity contribution in [2.45, 2.75) is 31.4 Å². The molecular formula is C21H24FNO. The normalized spacial score (nSPS) is 30.2. The zero-order valence-electron chi connectivity index (χ0n) is 13.8. The van der Waals surface area contributed by atoms with Gasteiger partial charge in [0.2, 0.25) is 0 Å². The van der Waals surface area contributed by atoms with Gasteiger partial charge >= 0.3 is 0 Å². The highest BCUT2D eigenvalue weighted by molar-refractivity contribution is 5.25. The van der Waals surface area contributed by atoms with E-state index >= 15 is 0 Å². The predicted molar refractivity (Wildman–Crippen MR) is 93.1 cm³/mol. The van der Waals surface area contributed by atoms with Crippen LogP contribution in [0.5, 0.6) is 0 Å². The van der Waals surface area contributed by atoms with Gasteiger partial charge in [0.15, 0.2) is 0 Å². The summed E-state index contributed by atoms with van der Waals surface area (Å²) in [7, 11) is 0. The molecule has 1 N–H and O–H groups in total. The van der Waals surface area contributed by atoms with E-state index in [9.17, 15) is 9.50 Å². The lowest BCUT2D eigenvalue weighted by Gasteiger charge is -2.37. The van der Waals surface area contributed by atoms with Crippen molar-refractivity contribution in [1.82, 2.24) is 4.90 Å². The van der Waals surface area contributed by atoms with Crippen LogP contribution in [0.4, 0.5) is 4.39 Å². The van der Waals surface area contributed by atoms with Crippen molar-refractivity contribution < 1.29 is 9.50 Å². The third kappa shape index (κ3) is 3.11. The van der Waals surface area contributed by atoms with Crippen molar-refractivity contribution >= 4 is 0 Å². The van der Waals surface area contributed by atoms with Crippen LogP contribution >= 0.6 is 0 Å². The zero-order valence-corrected chi connectivity index (χ0v) is 13.8. The average Bonchev–Trinajstić information content (AvgIpc) is 2.99. The van der Waals surface area contributed by atoms with Crippen molar-refractivity contribution in [3.8, 4) is 0 Å². The van der Waals surface area contributed by atoms with E-state index in [1.807, 2.05) is 18.2 Å². The number of aliphatic hydroxyl groups is 1. The Kier molecular flexibility index (Phi) is 4.38. The van der Waals surface area contributed by atoms with E-state index < -0.39 is 0 Å². The van der Waals surface area contributed by atoms with E-state index in [-0.39, 0.29) is 17.8 Å². The molecule has 2 aromatic rings. The van der Waals surface area contributed by atoms with Gasteiger partial charge in [-0.1, -0.05) is 42.5 Å². The first-order valence-electron chi connectivity index (χ1n) is 8.90. The molecule has 0 aromatic heterocycles. The Bertz CT molecular complexity index is 672. The Hall–Kier alpha value is -1.71. The van der Waals surface area contributed by atoms with Crippen LogP contribution in [0, 0.1) is 17.7 Å². The number of halogens is 1. The first kappa shape index (κ1) is 15.8. The number of hydrogen-bond donors (Lipinski definition) is 1. The molecule has 2 aromatic carbocycles. The molecular weight excluding hydrogens is 301 g/mol. The zero-order chi connectivity index (χ0) is 16.5. The monoisotopic (exact) mass is 325 g/mol. The largest absolute Gasteiger partial charge is 0.392 e. The Morgan fingerprint density at radius 1 is 0.958 bits per heavy atom. The van der Waals surface area contributed by atoms with Crippen molar-refractivity contribution in [2.24, 2.45) is 11.8 Å². The molecule has 1 saturated carbocycles. The van der Waals surface area contributed by atoms with E-state index in [4.69, 9.17) is 0 Å². The van der Waals surface area contributed by atoms with Crippen LogP contribution in [0.1, 0.15) is 29.9 Å². The lowest BCUT2D eigenvalue weighted by atomic mass is 9.69. The second kappa shape index (κ2) is 6.66. The Balaban J connectivity index is 1.53. The third-order valence-corrected chi connectivity index (χ3v) is 5.78. The summed E-state index contributed by atoms with van der Waals surface area (Å²) in [6.45, 7) is 3.09. The van der Waals surface area contributed by atoms with Crippen LogP contribution in [0.15, 0.2) is 54.6 Å². The summed E-state index contributed by atoms with van der Waals surface area (Å²) in [5.41, 5.74) is 2.43. The van der Waals surface area contributed by atoms with Crippen LogP contribution in [0.3, 0.4) is 0 Å². The predicted octanol–water partition coefficient (Wildman–Crippen LogP) is 3.81. The molecule has 0 amide bonds. The number of likely N-dealkylation sites (tertiary alicyclic amines) is 1. The van der Waals surface area contributed by atoms with Gasteiger partial charge in [0.25, 0.3) is 0 Å². The van der Waals surface area contributed by atoms with Gasteiger partial charge in [0.05, 0.1) is 6.10 Å². The Morgan fingerprint density at radius 3 is 2.46 bits per heavy atom. The van der Waals surface area contributed by atoms with Gasteiger partial charge in [0, 0.05) is 25.6 Å². The van der Waals surface area contributed by atoms with Crippen molar-refractivity contribution in [3.05, 3.63) is 71.5 Å². The molecule has 2 nitrogen and oxygen atoms in total. The molecule has 1 aliphatic heterocycles. The first-order chi connectivity index (χ1) is 11.7. The number of benzene rings is 2. The highest BCUT2D eigenvalue weighted by Gasteiger charge is 2.44. The molecule has 1 aliphatic carbocycles. The van der Waals surface area contributed by atoms with E-state index in [1.54, 1.807) is 0 Å². The smallest absolute Gasteiger partial charge is 0.123 e. The van der Waals surface area contributed by atoms with E-state index in [0.717, 1.165) is 38.0 Å². The lowest BCUT2D eigenvalue weighted by molar-refractivity contribution is 0.0590. The van der Waals surface area contributed by atoms with E-state index in [0.29, 0.717) is 11.8 Å². The number of hydrogen-bond acceptors (Lipinski definition) is 2. The maximum absolute atomic E-state index is 13.3. The number of nitrogens with zero attached hydrogens (tertiary/aromatic N) is 1. The summed E-state index contributed by atoms with van der Waals surface area (Å²) < 4.78 is 13.3. The molecule has 126 valence electrons. The summed E-state index contributed by atoms with van der Waals surface area (Å²) in [5, 5.41) is 10.6. The van der Waals surface area contributed by atoms with Crippen molar-refractivity contribution in [1.29, 1.82) is 0 Å². The molecule has 2 aliphatic rings. The quantitative estimate of drug-likeness (QED) is 0.927. The van der Waals surface area contributed by atoms with Gasteiger partial charge in [-0.05, 0) is 47.9 Å². The summed E-state index contributed by atoms with van der Waals surface area (Å²) in [4.78, 5) is 2.51. The van der Waals surface area contributed by atoms with Crippen molar-refractivity contribution in [2.75, 3.05) is 13.1 Å². The van der Waals surface area contributed by atoms with Gasteiger partial charge < -0.3 is 5.11 Å². The fourth-order valence-corrected chi connectivity index (χ4v) is 4.68. The van der Waals surface area contributed by atoms with Crippen LogP contribution in [0.2, 0.25) is 0 Å². The number of fused-ring (bicyclic) bond motifs is 1. The van der Waals surface area contributed by atoms with Gasteiger partial charge in [-0.15, -0.1) is 0 Å². The highest BCUT2D eigenvalue weighted by Crippen LogP contribution is 2.45. The van der Waals surface area contributed by atoms with Crippen LogP contribution in [-0.2, 0) is 6.54 Å². The molecule has 0 bridgehead atoms. The minimum atomic E-state index is -0.312. The van der Waals surface area contributed by atoms with E-state index in [1.165, 1.54) is 17.7 Å². The van der Waals surface area contributed by atoms with Gasteiger partial charge in [0.1, 0.15) is 5.82 Å². The molecule has 4 rings (SSSR count). The maximum Gasteiger partial charge on any atom is 0.123 e. The van der Waals surface area contributed by atoms with Crippen LogP contribution in [0.25, 0.3) is 0 Å². The molecule has 0 radical (unpaired) electrons. The third-order valence-electron chi connectivity index (χ3n) is 5.78. The molecule has 1 saturated heterocycles. The van der Waals surface area contributed by atoms with Gasteiger partial charge in [-0.25, -0.2) is 4.39 Å². The van der Waals surface area contributed by atoms with Crippen LogP contribution in [-0.4, -0.2) is 29.2 Å². The maximum atomic E-state index is 13.3. The molecule has 3 heteroatoms. The highest BCUT2D eigenvalue weighted by atomic mass is 19.1. The summed E-state index contributed by atoms with van der Waals surface area (Å²) >= 11 is 0. The molecule has 24 heavy (non-hydrogen) atoms. The molecule has 4 atom stereocenters. The fraction of sp³-hybridized carbons (Fsp3) is 0.429. The summed E-state index contributed by atoms with van der Waals surface area (Å²) in [5.74, 6) is 1.01. The fourth-order valence-electron chi connectivity index (χ4n) is 4.68. The number of rotatable bonds is 3. The van der Waals surface area contributed by atoms with Crippen molar-refractivity contribution in [3.63, 3.8) is 0 Å². The average molecular weight is 325 g/mol. The van der Waals surface area contributed by atoms with Gasteiger partial charge in [-0.2, -0.15) is 0 Å². The minimum absolute atomic E-state index is 0.130. The Labute approximate surface area is 142 Å². The minimum Gasteiger partial charge on any atom is -0.392 e. The molecule has 1 heterocycles. The van der Waals surface area contributed by atoms with Gasteiger partial charge in [-0.3, -0.25) is 4.90 Å². The lowest BCUT2D eigenvalue weighted by Crippen LogP contribution is -2.35. The summed E-state index contributed by atoms with van der Waals surface area (Å²) in [6, 6.07) is 17.3. The standard InChI is InChI=1S/C21H24FNO/c22-18-9-6-16(7-10-18)21-19-14-23(12-15-4-2-1-3-5-15)13-17(19)8-11-20(21)24/h1-7,9-10,17,19-21,24H,8,11-14H2/t17?,19-,20?,21+/m0/s1. The summed E-state index contributed by atoms with van der Waals surface area (Å²) in [6.07, 6.45) is 1.63. The molecule has 0 spiro atoms. The molecule has 2 unspecified atom stereocenters. The second-order valence-corrected chi connectivity index (χ2v) is 7.33. The van der Waals surface area contributed by atoms with E-state index in [2.05, 4.69) is 29.2 Å². The Morgan fingerprint density at radius 2 is 1.71 bits per heavy atom. The number of aliphatic hydroxyl groups excluding tert-OH is 1. The SMILES string of the molecule is OC1CCC2CN(Cc3ccccc3)C[C@@H]2[C@H]1c1ccc(F)cc1. The topological polar surface area (TPSA) is 23.5 Å². The first-order valence-corrected chi connectivity index (χ1v) is 8.90. The second-order valence-electron chi connectivity index (χ2n) is 7.33. The van der Waals surface area contributed by atoms with Crippen LogP contribution < -0.4 is 0 Å².